The van der Waals surface area contributed by atoms with Gasteiger partial charge in [0.1, 0.15) is 5.82 Å². The van der Waals surface area contributed by atoms with Crippen LogP contribution in [0.3, 0.4) is 0 Å². The third-order valence-electron chi connectivity index (χ3n) is 2.68. The van der Waals surface area contributed by atoms with Crippen LogP contribution in [-0.4, -0.2) is 16.5 Å². The molecule has 92 valence electrons. The van der Waals surface area contributed by atoms with Crippen molar-refractivity contribution in [2.24, 2.45) is 4.99 Å². The second kappa shape index (κ2) is 4.69. The maximum atomic E-state index is 13.6. The molecule has 1 aliphatic heterocycles. The van der Waals surface area contributed by atoms with Crippen molar-refractivity contribution in [3.05, 3.63) is 35.6 Å². The van der Waals surface area contributed by atoms with E-state index in [1.54, 1.807) is 23.9 Å². The van der Waals surface area contributed by atoms with Crippen molar-refractivity contribution >= 4 is 16.9 Å². The van der Waals surface area contributed by atoms with Crippen molar-refractivity contribution in [2.75, 3.05) is 5.75 Å². The van der Waals surface area contributed by atoms with Crippen LogP contribution in [0, 0.1) is 5.82 Å². The molecule has 1 unspecified atom stereocenters. The molecule has 1 fully saturated rings. The van der Waals surface area contributed by atoms with Gasteiger partial charge in [-0.25, -0.2) is 4.39 Å². The van der Waals surface area contributed by atoms with Gasteiger partial charge in [0.25, 0.3) is 0 Å². The topological polar surface area (TPSA) is 24.4 Å². The first-order chi connectivity index (χ1) is 7.98. The summed E-state index contributed by atoms with van der Waals surface area (Å²) in [4.78, 5) is 4.53. The van der Waals surface area contributed by atoms with E-state index in [4.69, 9.17) is 0 Å². The molecule has 17 heavy (non-hydrogen) atoms. The van der Waals surface area contributed by atoms with Crippen LogP contribution < -0.4 is 5.32 Å². The highest BCUT2D eigenvalue weighted by Gasteiger charge is 2.27. The number of thioether (sulfide) groups is 1. The van der Waals surface area contributed by atoms with Crippen molar-refractivity contribution < 1.29 is 4.39 Å². The zero-order chi connectivity index (χ0) is 12.5. The second-order valence-corrected chi connectivity index (χ2v) is 5.89. The molecule has 0 saturated carbocycles. The third-order valence-corrected chi connectivity index (χ3v) is 4.03. The van der Waals surface area contributed by atoms with E-state index < -0.39 is 0 Å². The van der Waals surface area contributed by atoms with E-state index in [2.05, 4.69) is 24.2 Å². The molecule has 1 aromatic carbocycles. The lowest BCUT2D eigenvalue weighted by Crippen LogP contribution is -2.37. The summed E-state index contributed by atoms with van der Waals surface area (Å²) < 4.78 is 13.6. The van der Waals surface area contributed by atoms with E-state index in [0.717, 1.165) is 10.9 Å². The summed E-state index contributed by atoms with van der Waals surface area (Å²) in [6.07, 6.45) is 0. The first kappa shape index (κ1) is 12.4. The lowest BCUT2D eigenvalue weighted by molar-refractivity contribution is 0.534. The van der Waals surface area contributed by atoms with Gasteiger partial charge in [0.2, 0.25) is 0 Å². The van der Waals surface area contributed by atoms with Crippen molar-refractivity contribution in [2.45, 2.75) is 32.4 Å². The summed E-state index contributed by atoms with van der Waals surface area (Å²) in [5.74, 6) is 0.808. The summed E-state index contributed by atoms with van der Waals surface area (Å²) >= 11 is 1.69. The molecule has 0 amide bonds. The number of benzene rings is 1. The van der Waals surface area contributed by atoms with E-state index >= 15 is 0 Å². The highest BCUT2D eigenvalue weighted by atomic mass is 32.2. The van der Waals surface area contributed by atoms with Crippen LogP contribution in [0.5, 0.6) is 0 Å². The number of amidine groups is 1. The zero-order valence-corrected chi connectivity index (χ0v) is 11.1. The van der Waals surface area contributed by atoms with Crippen LogP contribution in [0.4, 0.5) is 4.39 Å². The fourth-order valence-electron chi connectivity index (χ4n) is 1.74. The molecule has 1 aliphatic rings. The van der Waals surface area contributed by atoms with E-state index in [1.165, 1.54) is 6.07 Å². The monoisotopic (exact) mass is 252 g/mol. The molecule has 1 atom stereocenters. The van der Waals surface area contributed by atoms with E-state index in [-0.39, 0.29) is 17.4 Å². The summed E-state index contributed by atoms with van der Waals surface area (Å²) in [5, 5.41) is 4.25. The van der Waals surface area contributed by atoms with Crippen molar-refractivity contribution in [1.82, 2.24) is 5.32 Å². The Balaban J connectivity index is 2.15. The maximum absolute atomic E-state index is 13.6. The van der Waals surface area contributed by atoms with Gasteiger partial charge < -0.3 is 5.32 Å². The van der Waals surface area contributed by atoms with Gasteiger partial charge in [-0.3, -0.25) is 4.99 Å². The molecule has 1 saturated heterocycles. The lowest BCUT2D eigenvalue weighted by atomic mass is 10.1. The normalized spacial score (nSPS) is 22.5. The predicted octanol–water partition coefficient (Wildman–Crippen LogP) is 3.36. The van der Waals surface area contributed by atoms with Gasteiger partial charge in [-0.05, 0) is 26.8 Å². The van der Waals surface area contributed by atoms with Gasteiger partial charge in [0.15, 0.2) is 5.17 Å². The number of hydrogen-bond acceptors (Lipinski definition) is 2. The Hall–Kier alpha value is -1.03. The van der Waals surface area contributed by atoms with E-state index in [0.29, 0.717) is 5.56 Å². The molecular formula is C13H17FN2S. The molecule has 0 aliphatic carbocycles. The van der Waals surface area contributed by atoms with Gasteiger partial charge in [-0.2, -0.15) is 0 Å². The molecule has 4 heteroatoms. The third kappa shape index (κ3) is 3.00. The Morgan fingerprint density at radius 3 is 2.71 bits per heavy atom. The molecule has 0 aromatic heterocycles. The van der Waals surface area contributed by atoms with Gasteiger partial charge >= 0.3 is 0 Å². The summed E-state index contributed by atoms with van der Waals surface area (Å²) in [5.41, 5.74) is 0.727. The maximum Gasteiger partial charge on any atom is 0.157 e. The van der Waals surface area contributed by atoms with Crippen LogP contribution in [0.1, 0.15) is 32.4 Å². The highest BCUT2D eigenvalue weighted by Crippen LogP contribution is 2.26. The number of rotatable bonds is 2. The second-order valence-electron chi connectivity index (χ2n) is 4.93. The largest absolute Gasteiger partial charge is 0.359 e. The fraction of sp³-hybridized carbons (Fsp3) is 0.462. The molecule has 0 bridgehead atoms. The number of aliphatic imine (C=N–C) groups is 1. The van der Waals surface area contributed by atoms with Crippen LogP contribution in [-0.2, 0) is 0 Å². The Bertz CT molecular complexity index is 443. The minimum Gasteiger partial charge on any atom is -0.359 e. The summed E-state index contributed by atoms with van der Waals surface area (Å²) in [6.45, 7) is 6.19. The van der Waals surface area contributed by atoms with Crippen molar-refractivity contribution in [3.8, 4) is 0 Å². The van der Waals surface area contributed by atoms with Crippen LogP contribution >= 0.6 is 11.8 Å². The minimum absolute atomic E-state index is 0.0818. The smallest absolute Gasteiger partial charge is 0.157 e. The number of nitrogens with zero attached hydrogens (tertiary/aromatic N) is 1. The first-order valence-electron chi connectivity index (χ1n) is 5.71. The van der Waals surface area contributed by atoms with Crippen LogP contribution in [0.2, 0.25) is 0 Å². The summed E-state index contributed by atoms with van der Waals surface area (Å²) in [6, 6.07) is 6.65. The summed E-state index contributed by atoms with van der Waals surface area (Å²) in [7, 11) is 0. The van der Waals surface area contributed by atoms with E-state index in [1.807, 2.05) is 13.0 Å². The van der Waals surface area contributed by atoms with Gasteiger partial charge in [0, 0.05) is 16.9 Å². The average Bonchev–Trinajstić information content (AvgIpc) is 2.58. The number of hydrogen-bond donors (Lipinski definition) is 1. The number of halogens is 1. The quantitative estimate of drug-likeness (QED) is 0.873. The number of nitrogens with one attached hydrogen (secondary N) is 1. The molecular weight excluding hydrogens is 235 g/mol. The molecule has 0 spiro atoms. The lowest BCUT2D eigenvalue weighted by Gasteiger charge is -2.16. The Kier molecular flexibility index (Phi) is 3.43. The molecule has 2 nitrogen and oxygen atoms in total. The van der Waals surface area contributed by atoms with Crippen molar-refractivity contribution in [1.29, 1.82) is 0 Å². The molecule has 1 N–H and O–H groups in total. The molecule has 0 radical (unpaired) electrons. The standard InChI is InChI=1S/C13H17FN2S/c1-9(10-6-4-5-7-11(10)14)15-12-16-13(2,3)8-17-12/h4-7,9H,8H2,1-3H3,(H,15,16). The highest BCUT2D eigenvalue weighted by molar-refractivity contribution is 8.14. The SMILES string of the molecule is CC(N=C1NC(C)(C)CS1)c1ccccc1F. The van der Waals surface area contributed by atoms with Crippen molar-refractivity contribution in [3.63, 3.8) is 0 Å². The van der Waals surface area contributed by atoms with Crippen LogP contribution in [0.25, 0.3) is 0 Å². The Labute approximate surface area is 106 Å². The fourth-order valence-corrected chi connectivity index (χ4v) is 2.89. The molecule has 2 rings (SSSR count). The zero-order valence-electron chi connectivity index (χ0n) is 10.3. The van der Waals surface area contributed by atoms with Gasteiger partial charge in [-0.15, -0.1) is 0 Å². The Morgan fingerprint density at radius 1 is 1.41 bits per heavy atom. The first-order valence-corrected chi connectivity index (χ1v) is 6.70. The molecule has 1 heterocycles. The molecule has 1 aromatic rings. The van der Waals surface area contributed by atoms with Gasteiger partial charge in [-0.1, -0.05) is 30.0 Å². The van der Waals surface area contributed by atoms with Gasteiger partial charge in [0.05, 0.1) is 6.04 Å². The van der Waals surface area contributed by atoms with Crippen LogP contribution in [0.15, 0.2) is 29.3 Å². The average molecular weight is 252 g/mol. The minimum atomic E-state index is -0.188. The predicted molar refractivity (Wildman–Crippen MR) is 71.9 cm³/mol. The Morgan fingerprint density at radius 2 is 2.12 bits per heavy atom. The van der Waals surface area contributed by atoms with E-state index in [9.17, 15) is 4.39 Å².